The molecule has 1 aromatic carbocycles. The molecule has 2 aromatic rings. The third kappa shape index (κ3) is 3.78. The smallest absolute Gasteiger partial charge is 0.119 e. The van der Waals surface area contributed by atoms with Crippen molar-refractivity contribution < 1.29 is 9.84 Å². The molecule has 1 heterocycles. The maximum atomic E-state index is 10.2. The van der Waals surface area contributed by atoms with E-state index in [9.17, 15) is 5.11 Å². The lowest BCUT2D eigenvalue weighted by molar-refractivity contribution is 0.173. The van der Waals surface area contributed by atoms with Gasteiger partial charge in [0.25, 0.3) is 0 Å². The normalized spacial score (nSPS) is 12.2. The molecule has 1 unspecified atom stereocenters. The van der Waals surface area contributed by atoms with Gasteiger partial charge >= 0.3 is 0 Å². The van der Waals surface area contributed by atoms with Crippen LogP contribution in [0.1, 0.15) is 17.4 Å². The molecule has 100 valence electrons. The summed E-state index contributed by atoms with van der Waals surface area (Å²) in [6.45, 7) is 0. The molecule has 0 aliphatic heterocycles. The Morgan fingerprint density at radius 1 is 1.26 bits per heavy atom. The first kappa shape index (κ1) is 14.5. The fourth-order valence-electron chi connectivity index (χ4n) is 1.73. The summed E-state index contributed by atoms with van der Waals surface area (Å²) in [4.78, 5) is 4.20. The highest BCUT2D eigenvalue weighted by Crippen LogP contribution is 2.27. The van der Waals surface area contributed by atoms with E-state index in [0.29, 0.717) is 12.1 Å². The molecular weight excluding hydrogens is 374 g/mol. The van der Waals surface area contributed by atoms with Crippen molar-refractivity contribution in [2.75, 3.05) is 7.11 Å². The third-order valence-electron chi connectivity index (χ3n) is 2.76. The van der Waals surface area contributed by atoms with Crippen LogP contribution in [-0.4, -0.2) is 17.2 Å². The SMILES string of the molecule is COc1ccc(Br)c(CC(O)c2ccc(Br)cn2)c1. The second kappa shape index (κ2) is 6.50. The van der Waals surface area contributed by atoms with Gasteiger partial charge in [0, 0.05) is 21.6 Å². The van der Waals surface area contributed by atoms with Crippen LogP contribution in [0.5, 0.6) is 5.75 Å². The molecule has 1 N–H and O–H groups in total. The molecule has 2 rings (SSSR count). The molecule has 0 radical (unpaired) electrons. The standard InChI is InChI=1S/C14H13Br2NO2/c1-19-11-3-4-12(16)9(6-11)7-14(18)13-5-2-10(15)8-17-13/h2-6,8,14,18H,7H2,1H3. The van der Waals surface area contributed by atoms with Crippen molar-refractivity contribution in [3.05, 3.63) is 56.7 Å². The zero-order valence-electron chi connectivity index (χ0n) is 10.3. The van der Waals surface area contributed by atoms with Crippen LogP contribution in [0.2, 0.25) is 0 Å². The largest absolute Gasteiger partial charge is 0.497 e. The van der Waals surface area contributed by atoms with E-state index in [4.69, 9.17) is 4.74 Å². The summed E-state index contributed by atoms with van der Waals surface area (Å²) in [6, 6.07) is 9.37. The minimum absolute atomic E-state index is 0.479. The number of aromatic nitrogens is 1. The number of methoxy groups -OCH3 is 1. The monoisotopic (exact) mass is 385 g/mol. The molecule has 0 aliphatic carbocycles. The van der Waals surface area contributed by atoms with Crippen LogP contribution in [0.3, 0.4) is 0 Å². The summed E-state index contributed by atoms with van der Waals surface area (Å²) in [6.07, 6.45) is 1.52. The Hall–Kier alpha value is -0.910. The fraction of sp³-hybridized carbons (Fsp3) is 0.214. The highest BCUT2D eigenvalue weighted by molar-refractivity contribution is 9.10. The predicted molar refractivity (Wildman–Crippen MR) is 81.3 cm³/mol. The number of ether oxygens (including phenoxy) is 1. The predicted octanol–water partition coefficient (Wildman–Crippen LogP) is 3.89. The Labute approximate surface area is 128 Å². The number of hydrogen-bond donors (Lipinski definition) is 1. The number of nitrogens with zero attached hydrogens (tertiary/aromatic N) is 1. The Morgan fingerprint density at radius 2 is 2.05 bits per heavy atom. The second-order valence-corrected chi connectivity index (χ2v) is 5.85. The van der Waals surface area contributed by atoms with E-state index in [0.717, 1.165) is 20.3 Å². The molecule has 19 heavy (non-hydrogen) atoms. The minimum Gasteiger partial charge on any atom is -0.497 e. The quantitative estimate of drug-likeness (QED) is 0.866. The first-order valence-corrected chi connectivity index (χ1v) is 7.30. The highest BCUT2D eigenvalue weighted by atomic mass is 79.9. The zero-order chi connectivity index (χ0) is 13.8. The van der Waals surface area contributed by atoms with Crippen molar-refractivity contribution in [1.29, 1.82) is 0 Å². The summed E-state index contributed by atoms with van der Waals surface area (Å²) in [5.41, 5.74) is 1.63. The van der Waals surface area contributed by atoms with E-state index in [1.165, 1.54) is 0 Å². The lowest BCUT2D eigenvalue weighted by Crippen LogP contribution is -2.04. The highest BCUT2D eigenvalue weighted by Gasteiger charge is 2.12. The van der Waals surface area contributed by atoms with E-state index in [2.05, 4.69) is 36.8 Å². The van der Waals surface area contributed by atoms with Crippen LogP contribution in [0.15, 0.2) is 45.5 Å². The van der Waals surface area contributed by atoms with E-state index in [1.807, 2.05) is 30.3 Å². The van der Waals surface area contributed by atoms with Gasteiger partial charge in [0.2, 0.25) is 0 Å². The minimum atomic E-state index is -0.642. The Morgan fingerprint density at radius 3 is 2.68 bits per heavy atom. The van der Waals surface area contributed by atoms with Crippen molar-refractivity contribution in [3.63, 3.8) is 0 Å². The van der Waals surface area contributed by atoms with Crippen molar-refractivity contribution in [1.82, 2.24) is 4.98 Å². The molecule has 0 aliphatic rings. The van der Waals surface area contributed by atoms with Crippen molar-refractivity contribution in [3.8, 4) is 5.75 Å². The van der Waals surface area contributed by atoms with Gasteiger partial charge < -0.3 is 9.84 Å². The van der Waals surface area contributed by atoms with Crippen molar-refractivity contribution >= 4 is 31.9 Å². The van der Waals surface area contributed by atoms with Gasteiger partial charge in [-0.2, -0.15) is 0 Å². The summed E-state index contributed by atoms with van der Waals surface area (Å²) < 4.78 is 7.03. The number of halogens is 2. The number of rotatable bonds is 4. The second-order valence-electron chi connectivity index (χ2n) is 4.08. The number of aliphatic hydroxyl groups is 1. The molecule has 0 spiro atoms. The van der Waals surface area contributed by atoms with Crippen LogP contribution in [0.25, 0.3) is 0 Å². The first-order chi connectivity index (χ1) is 9.10. The molecule has 3 nitrogen and oxygen atoms in total. The van der Waals surface area contributed by atoms with Gasteiger partial charge in [-0.3, -0.25) is 4.98 Å². The lowest BCUT2D eigenvalue weighted by atomic mass is 10.0. The van der Waals surface area contributed by atoms with Gasteiger partial charge in [0.05, 0.1) is 18.9 Å². The molecule has 1 atom stereocenters. The lowest BCUT2D eigenvalue weighted by Gasteiger charge is -2.12. The molecule has 0 amide bonds. The molecule has 0 bridgehead atoms. The summed E-state index contributed by atoms with van der Waals surface area (Å²) >= 11 is 6.80. The topological polar surface area (TPSA) is 42.4 Å². The van der Waals surface area contributed by atoms with Gasteiger partial charge in [-0.25, -0.2) is 0 Å². The molecule has 0 fully saturated rings. The molecule has 1 aromatic heterocycles. The Kier molecular flexibility index (Phi) is 4.96. The van der Waals surface area contributed by atoms with Crippen LogP contribution in [-0.2, 0) is 6.42 Å². The van der Waals surface area contributed by atoms with Crippen LogP contribution >= 0.6 is 31.9 Å². The number of pyridine rings is 1. The average molecular weight is 387 g/mol. The van der Waals surface area contributed by atoms with Crippen molar-refractivity contribution in [2.45, 2.75) is 12.5 Å². The maximum Gasteiger partial charge on any atom is 0.119 e. The Bertz CT molecular complexity index is 558. The van der Waals surface area contributed by atoms with Crippen LogP contribution in [0.4, 0.5) is 0 Å². The van der Waals surface area contributed by atoms with Crippen LogP contribution < -0.4 is 4.74 Å². The molecule has 0 saturated carbocycles. The van der Waals surface area contributed by atoms with Gasteiger partial charge in [0.1, 0.15) is 5.75 Å². The van der Waals surface area contributed by atoms with Gasteiger partial charge in [0.15, 0.2) is 0 Å². The fourth-order valence-corrected chi connectivity index (χ4v) is 2.37. The van der Waals surface area contributed by atoms with Gasteiger partial charge in [-0.1, -0.05) is 15.9 Å². The molecule has 5 heteroatoms. The summed E-state index contributed by atoms with van der Waals surface area (Å²) in [5, 5.41) is 10.2. The molecular formula is C14H13Br2NO2. The zero-order valence-corrected chi connectivity index (χ0v) is 13.5. The van der Waals surface area contributed by atoms with E-state index < -0.39 is 6.10 Å². The molecule has 0 saturated heterocycles. The van der Waals surface area contributed by atoms with E-state index in [1.54, 1.807) is 13.3 Å². The summed E-state index contributed by atoms with van der Waals surface area (Å²) in [7, 11) is 1.62. The number of hydrogen-bond acceptors (Lipinski definition) is 3. The third-order valence-corrected chi connectivity index (χ3v) is 4.00. The van der Waals surface area contributed by atoms with Crippen molar-refractivity contribution in [2.24, 2.45) is 0 Å². The Balaban J connectivity index is 2.18. The van der Waals surface area contributed by atoms with Gasteiger partial charge in [-0.05, 0) is 51.8 Å². The number of benzene rings is 1. The van der Waals surface area contributed by atoms with Gasteiger partial charge in [-0.15, -0.1) is 0 Å². The first-order valence-electron chi connectivity index (χ1n) is 5.72. The van der Waals surface area contributed by atoms with E-state index >= 15 is 0 Å². The van der Waals surface area contributed by atoms with E-state index in [-0.39, 0.29) is 0 Å². The average Bonchev–Trinajstić information content (AvgIpc) is 2.42. The van der Waals surface area contributed by atoms with Crippen LogP contribution in [0, 0.1) is 0 Å². The number of aliphatic hydroxyl groups excluding tert-OH is 1. The maximum absolute atomic E-state index is 10.2. The summed E-state index contributed by atoms with van der Waals surface area (Å²) in [5.74, 6) is 0.772.